The van der Waals surface area contributed by atoms with Crippen LogP contribution in [0.25, 0.3) is 6.08 Å². The highest BCUT2D eigenvalue weighted by Gasteiger charge is 2.34. The molecule has 0 bridgehead atoms. The molecule has 0 atom stereocenters. The SMILES string of the molecule is CCCn1c(N2CCOCC2)c(/C=C2\SC(=S)N(Cc3ccccc3Cl)C2=O)c(C)c(C#N)c1=O. The maximum Gasteiger partial charge on any atom is 0.270 e. The highest BCUT2D eigenvalue weighted by Crippen LogP contribution is 2.37. The van der Waals surface area contributed by atoms with Crippen LogP contribution < -0.4 is 10.5 Å². The third-order valence-corrected chi connectivity index (χ3v) is 7.79. The van der Waals surface area contributed by atoms with Gasteiger partial charge in [0.2, 0.25) is 0 Å². The molecule has 0 radical (unpaired) electrons. The van der Waals surface area contributed by atoms with E-state index >= 15 is 0 Å². The van der Waals surface area contributed by atoms with Gasteiger partial charge in [-0.3, -0.25) is 19.1 Å². The summed E-state index contributed by atoms with van der Waals surface area (Å²) >= 11 is 13.1. The summed E-state index contributed by atoms with van der Waals surface area (Å²) in [5.41, 5.74) is 1.84. The number of hydrogen-bond donors (Lipinski definition) is 0. The van der Waals surface area contributed by atoms with E-state index in [4.69, 9.17) is 28.6 Å². The molecule has 35 heavy (non-hydrogen) atoms. The van der Waals surface area contributed by atoms with E-state index in [1.807, 2.05) is 25.1 Å². The minimum absolute atomic E-state index is 0.0910. The van der Waals surface area contributed by atoms with E-state index in [1.165, 1.54) is 16.7 Å². The van der Waals surface area contributed by atoms with Gasteiger partial charge in [-0.1, -0.05) is 60.7 Å². The second-order valence-electron chi connectivity index (χ2n) is 8.26. The van der Waals surface area contributed by atoms with Crippen LogP contribution >= 0.6 is 35.6 Å². The van der Waals surface area contributed by atoms with Crippen molar-refractivity contribution in [1.82, 2.24) is 9.47 Å². The molecule has 1 amide bonds. The molecular weight excluding hydrogens is 504 g/mol. The third-order valence-electron chi connectivity index (χ3n) is 6.04. The van der Waals surface area contributed by atoms with Crippen molar-refractivity contribution in [3.8, 4) is 6.07 Å². The number of carbonyl (C=O) groups excluding carboxylic acids is 1. The minimum atomic E-state index is -0.309. The maximum atomic E-state index is 13.4. The summed E-state index contributed by atoms with van der Waals surface area (Å²) in [5.74, 6) is 0.493. The Morgan fingerprint density at radius 1 is 1.26 bits per heavy atom. The van der Waals surface area contributed by atoms with Gasteiger partial charge in [-0.05, 0) is 36.6 Å². The Hall–Kier alpha value is -2.64. The van der Waals surface area contributed by atoms with Crippen LogP contribution in [-0.4, -0.2) is 46.0 Å². The molecule has 0 unspecified atom stereocenters. The van der Waals surface area contributed by atoms with Crippen molar-refractivity contribution in [2.75, 3.05) is 31.2 Å². The van der Waals surface area contributed by atoms with Gasteiger partial charge in [0.1, 0.15) is 21.8 Å². The maximum absolute atomic E-state index is 13.4. The van der Waals surface area contributed by atoms with Crippen LogP contribution in [0.2, 0.25) is 5.02 Å². The number of benzene rings is 1. The molecule has 0 aliphatic carbocycles. The number of rotatable bonds is 6. The van der Waals surface area contributed by atoms with Gasteiger partial charge < -0.3 is 9.64 Å². The number of ether oxygens (including phenoxy) is 1. The minimum Gasteiger partial charge on any atom is -0.378 e. The number of amides is 1. The first-order chi connectivity index (χ1) is 16.9. The van der Waals surface area contributed by atoms with E-state index in [0.717, 1.165) is 12.0 Å². The number of nitriles is 1. The number of nitrogens with zero attached hydrogens (tertiary/aromatic N) is 4. The van der Waals surface area contributed by atoms with Gasteiger partial charge in [-0.2, -0.15) is 5.26 Å². The van der Waals surface area contributed by atoms with Crippen molar-refractivity contribution in [3.05, 3.63) is 66.8 Å². The van der Waals surface area contributed by atoms with Crippen molar-refractivity contribution < 1.29 is 9.53 Å². The molecule has 2 aromatic rings. The Morgan fingerprint density at radius 2 is 1.97 bits per heavy atom. The third kappa shape index (κ3) is 5.02. The predicted molar refractivity (Wildman–Crippen MR) is 144 cm³/mol. The topological polar surface area (TPSA) is 78.6 Å². The number of pyridine rings is 1. The van der Waals surface area contributed by atoms with Crippen LogP contribution in [-0.2, 0) is 22.6 Å². The van der Waals surface area contributed by atoms with Crippen LogP contribution in [0.5, 0.6) is 0 Å². The van der Waals surface area contributed by atoms with Crippen LogP contribution in [0.1, 0.15) is 35.6 Å². The van der Waals surface area contributed by atoms with E-state index in [0.29, 0.717) is 64.0 Å². The van der Waals surface area contributed by atoms with Crippen LogP contribution in [0.4, 0.5) is 5.82 Å². The standard InChI is InChI=1S/C25H25ClN4O3S2/c1-3-8-29-22(28-9-11-33-12-10-28)18(16(2)19(14-27)23(29)31)13-21-24(32)30(25(34)35-21)15-17-6-4-5-7-20(17)26/h4-7,13H,3,8-12,15H2,1-2H3/b21-13-. The highest BCUT2D eigenvalue weighted by molar-refractivity contribution is 8.26. The lowest BCUT2D eigenvalue weighted by Crippen LogP contribution is -2.41. The second-order valence-corrected chi connectivity index (χ2v) is 10.3. The van der Waals surface area contributed by atoms with Gasteiger partial charge in [0, 0.05) is 30.2 Å². The van der Waals surface area contributed by atoms with E-state index in [2.05, 4.69) is 11.0 Å². The Balaban J connectivity index is 1.82. The molecule has 4 rings (SSSR count). The number of anilines is 1. The first-order valence-electron chi connectivity index (χ1n) is 11.4. The van der Waals surface area contributed by atoms with E-state index in [1.54, 1.807) is 23.6 Å². The van der Waals surface area contributed by atoms with E-state index in [9.17, 15) is 14.9 Å². The molecule has 2 saturated heterocycles. The number of hydrogen-bond acceptors (Lipinski definition) is 7. The summed E-state index contributed by atoms with van der Waals surface area (Å²) in [5, 5.41) is 10.3. The van der Waals surface area contributed by atoms with Crippen molar-refractivity contribution in [3.63, 3.8) is 0 Å². The zero-order valence-corrected chi connectivity index (χ0v) is 21.9. The van der Waals surface area contributed by atoms with Crippen LogP contribution in [0.3, 0.4) is 0 Å². The molecule has 2 aliphatic rings. The van der Waals surface area contributed by atoms with Gasteiger partial charge >= 0.3 is 0 Å². The molecule has 2 aliphatic heterocycles. The molecule has 2 fully saturated rings. The lowest BCUT2D eigenvalue weighted by atomic mass is 10.0. The Bertz CT molecular complexity index is 1310. The molecule has 0 saturated carbocycles. The molecular formula is C25H25ClN4O3S2. The molecule has 182 valence electrons. The summed E-state index contributed by atoms with van der Waals surface area (Å²) in [4.78, 5) is 30.7. The average Bonchev–Trinajstić information content (AvgIpc) is 3.12. The van der Waals surface area contributed by atoms with Gasteiger partial charge in [-0.15, -0.1) is 0 Å². The lowest BCUT2D eigenvalue weighted by molar-refractivity contribution is -0.122. The fourth-order valence-corrected chi connectivity index (χ4v) is 5.69. The molecule has 3 heterocycles. The highest BCUT2D eigenvalue weighted by atomic mass is 35.5. The molecule has 0 spiro atoms. The first kappa shape index (κ1) is 25.5. The number of halogens is 1. The summed E-state index contributed by atoms with van der Waals surface area (Å²) in [7, 11) is 0. The number of aromatic nitrogens is 1. The largest absolute Gasteiger partial charge is 0.378 e. The molecule has 7 nitrogen and oxygen atoms in total. The Kier molecular flexibility index (Phi) is 7.97. The first-order valence-corrected chi connectivity index (χ1v) is 13.0. The van der Waals surface area contributed by atoms with Crippen molar-refractivity contribution in [2.24, 2.45) is 0 Å². The fourth-order valence-electron chi connectivity index (χ4n) is 4.26. The van der Waals surface area contributed by atoms with Crippen LogP contribution in [0, 0.1) is 18.3 Å². The average molecular weight is 529 g/mol. The summed E-state index contributed by atoms with van der Waals surface area (Å²) < 4.78 is 7.62. The zero-order chi connectivity index (χ0) is 25.1. The lowest BCUT2D eigenvalue weighted by Gasteiger charge is -2.33. The monoisotopic (exact) mass is 528 g/mol. The number of morpholine rings is 1. The number of thiocarbonyl (C=S) groups is 1. The summed E-state index contributed by atoms with van der Waals surface area (Å²) in [6.07, 6.45) is 2.50. The molecule has 1 aromatic heterocycles. The fraction of sp³-hybridized carbons (Fsp3) is 0.360. The quantitative estimate of drug-likeness (QED) is 0.408. The smallest absolute Gasteiger partial charge is 0.270 e. The van der Waals surface area contributed by atoms with Crippen molar-refractivity contribution in [1.29, 1.82) is 5.26 Å². The van der Waals surface area contributed by atoms with Crippen LogP contribution in [0.15, 0.2) is 34.0 Å². The van der Waals surface area contributed by atoms with Crippen molar-refractivity contribution >= 4 is 57.7 Å². The van der Waals surface area contributed by atoms with Gasteiger partial charge in [0.25, 0.3) is 11.5 Å². The summed E-state index contributed by atoms with van der Waals surface area (Å²) in [6, 6.07) is 9.43. The number of carbonyl (C=O) groups is 1. The molecule has 10 heteroatoms. The predicted octanol–water partition coefficient (Wildman–Crippen LogP) is 4.33. The Labute approximate surface area is 218 Å². The number of thioether (sulfide) groups is 1. The molecule has 1 aromatic carbocycles. The molecule has 0 N–H and O–H groups in total. The van der Waals surface area contributed by atoms with E-state index < -0.39 is 0 Å². The van der Waals surface area contributed by atoms with Crippen molar-refractivity contribution in [2.45, 2.75) is 33.4 Å². The van der Waals surface area contributed by atoms with Gasteiger partial charge in [0.05, 0.1) is 24.7 Å². The summed E-state index contributed by atoms with van der Waals surface area (Å²) in [6.45, 7) is 6.80. The van der Waals surface area contributed by atoms with Gasteiger partial charge in [-0.25, -0.2) is 0 Å². The van der Waals surface area contributed by atoms with E-state index in [-0.39, 0.29) is 23.6 Å². The normalized spacial score (nSPS) is 17.4. The van der Waals surface area contributed by atoms with Gasteiger partial charge in [0.15, 0.2) is 0 Å². The zero-order valence-electron chi connectivity index (χ0n) is 19.5. The second kappa shape index (κ2) is 11.0. The Morgan fingerprint density at radius 3 is 2.63 bits per heavy atom.